The number of carbonyl (C=O) groups excluding carboxylic acids is 1. The molecule has 1 heterocycles. The number of nitrogens with zero attached hydrogens (tertiary/aromatic N) is 2. The first-order chi connectivity index (χ1) is 11.5. The van der Waals surface area contributed by atoms with Crippen molar-refractivity contribution in [1.29, 1.82) is 0 Å². The number of hydrogen-bond donors (Lipinski definition) is 2. The normalized spacial score (nSPS) is 11.0. The molecule has 130 valence electrons. The first-order valence-corrected chi connectivity index (χ1v) is 7.94. The highest BCUT2D eigenvalue weighted by atomic mass is 19.1. The Balaban J connectivity index is 1.78. The molecule has 0 saturated carbocycles. The summed E-state index contributed by atoms with van der Waals surface area (Å²) in [5, 5.41) is 9.66. The highest BCUT2D eigenvalue weighted by molar-refractivity contribution is 5.90. The SMILES string of the molecule is CCCc1cc(CN(C)CCC(=O)Nc2ccc(F)cc2F)[nH]n1. The van der Waals surface area contributed by atoms with Crippen molar-refractivity contribution in [3.05, 3.63) is 47.3 Å². The minimum absolute atomic E-state index is 0.0122. The van der Waals surface area contributed by atoms with Crippen LogP contribution in [0, 0.1) is 11.6 Å². The van der Waals surface area contributed by atoms with Crippen LogP contribution in [0.3, 0.4) is 0 Å². The van der Waals surface area contributed by atoms with E-state index in [9.17, 15) is 13.6 Å². The summed E-state index contributed by atoms with van der Waals surface area (Å²) >= 11 is 0. The standard InChI is InChI=1S/C17H22F2N4O/c1-3-4-13-10-14(22-21-13)11-23(2)8-7-17(24)20-16-6-5-12(18)9-15(16)19/h5-6,9-10H,3-4,7-8,11H2,1-2H3,(H,20,24)(H,21,22). The third-order valence-corrected chi connectivity index (χ3v) is 3.56. The number of aryl methyl sites for hydroxylation is 1. The van der Waals surface area contributed by atoms with Crippen LogP contribution >= 0.6 is 0 Å². The van der Waals surface area contributed by atoms with Crippen LogP contribution in [0.1, 0.15) is 31.2 Å². The van der Waals surface area contributed by atoms with Crippen molar-refractivity contribution in [2.24, 2.45) is 0 Å². The summed E-state index contributed by atoms with van der Waals surface area (Å²) in [7, 11) is 1.89. The second kappa shape index (κ2) is 8.54. The summed E-state index contributed by atoms with van der Waals surface area (Å²) < 4.78 is 26.3. The van der Waals surface area contributed by atoms with Gasteiger partial charge in [0.05, 0.1) is 11.4 Å². The Morgan fingerprint density at radius 2 is 2.12 bits per heavy atom. The van der Waals surface area contributed by atoms with Gasteiger partial charge in [-0.15, -0.1) is 0 Å². The molecule has 0 aliphatic carbocycles. The van der Waals surface area contributed by atoms with E-state index in [1.165, 1.54) is 6.07 Å². The third-order valence-electron chi connectivity index (χ3n) is 3.56. The number of aromatic nitrogens is 2. The topological polar surface area (TPSA) is 61.0 Å². The number of amides is 1. The average molecular weight is 336 g/mol. The minimum atomic E-state index is -0.780. The molecule has 0 saturated heterocycles. The van der Waals surface area contributed by atoms with Crippen molar-refractivity contribution in [3.8, 4) is 0 Å². The Labute approximate surface area is 140 Å². The van der Waals surface area contributed by atoms with Crippen LogP contribution in [0.4, 0.5) is 14.5 Å². The smallest absolute Gasteiger partial charge is 0.225 e. The fourth-order valence-corrected chi connectivity index (χ4v) is 2.34. The number of carbonyl (C=O) groups is 1. The van der Waals surface area contributed by atoms with Crippen LogP contribution in [0.5, 0.6) is 0 Å². The molecule has 0 spiro atoms. The van der Waals surface area contributed by atoms with E-state index in [2.05, 4.69) is 22.4 Å². The molecule has 2 rings (SSSR count). The number of halogens is 2. The molecule has 24 heavy (non-hydrogen) atoms. The van der Waals surface area contributed by atoms with Gasteiger partial charge >= 0.3 is 0 Å². The van der Waals surface area contributed by atoms with Gasteiger partial charge in [-0.2, -0.15) is 5.10 Å². The summed E-state index contributed by atoms with van der Waals surface area (Å²) in [6, 6.07) is 5.09. The van der Waals surface area contributed by atoms with E-state index in [4.69, 9.17) is 0 Å². The molecule has 1 amide bonds. The van der Waals surface area contributed by atoms with Gasteiger partial charge in [-0.25, -0.2) is 8.78 Å². The van der Waals surface area contributed by atoms with Crippen molar-refractivity contribution < 1.29 is 13.6 Å². The summed E-state index contributed by atoms with van der Waals surface area (Å²) in [4.78, 5) is 13.9. The van der Waals surface area contributed by atoms with E-state index in [1.807, 2.05) is 18.0 Å². The number of anilines is 1. The molecule has 0 fully saturated rings. The van der Waals surface area contributed by atoms with Crippen LogP contribution in [0.2, 0.25) is 0 Å². The maximum Gasteiger partial charge on any atom is 0.225 e. The maximum atomic E-state index is 13.5. The van der Waals surface area contributed by atoms with Crippen molar-refractivity contribution in [2.75, 3.05) is 18.9 Å². The van der Waals surface area contributed by atoms with Gasteiger partial charge in [0.1, 0.15) is 11.6 Å². The largest absolute Gasteiger partial charge is 0.324 e. The Hall–Kier alpha value is -2.28. The summed E-state index contributed by atoms with van der Waals surface area (Å²) in [5.74, 6) is -1.77. The highest BCUT2D eigenvalue weighted by Gasteiger charge is 2.10. The van der Waals surface area contributed by atoms with Gasteiger partial charge in [0.15, 0.2) is 0 Å². The molecule has 5 nitrogen and oxygen atoms in total. The molecular formula is C17H22F2N4O. The van der Waals surface area contributed by atoms with Crippen LogP contribution in [-0.2, 0) is 17.8 Å². The molecule has 0 bridgehead atoms. The number of nitrogens with one attached hydrogen (secondary N) is 2. The van der Waals surface area contributed by atoms with Gasteiger partial charge in [0.25, 0.3) is 0 Å². The van der Waals surface area contributed by atoms with Gasteiger partial charge in [-0.05, 0) is 31.7 Å². The lowest BCUT2D eigenvalue weighted by atomic mass is 10.2. The predicted octanol–water partition coefficient (Wildman–Crippen LogP) is 3.10. The molecule has 0 aliphatic heterocycles. The van der Waals surface area contributed by atoms with Gasteiger partial charge in [-0.1, -0.05) is 13.3 Å². The number of hydrogen-bond acceptors (Lipinski definition) is 3. The quantitative estimate of drug-likeness (QED) is 0.779. The molecule has 7 heteroatoms. The second-order valence-corrected chi connectivity index (χ2v) is 5.79. The monoisotopic (exact) mass is 336 g/mol. The zero-order valence-electron chi connectivity index (χ0n) is 13.9. The van der Waals surface area contributed by atoms with Crippen molar-refractivity contribution >= 4 is 11.6 Å². The Bertz CT molecular complexity index is 687. The van der Waals surface area contributed by atoms with E-state index in [-0.39, 0.29) is 18.0 Å². The van der Waals surface area contributed by atoms with Gasteiger partial charge < -0.3 is 10.2 Å². The lowest BCUT2D eigenvalue weighted by Crippen LogP contribution is -2.24. The lowest BCUT2D eigenvalue weighted by Gasteiger charge is -2.15. The van der Waals surface area contributed by atoms with Crippen LogP contribution in [-0.4, -0.2) is 34.6 Å². The van der Waals surface area contributed by atoms with E-state index in [0.29, 0.717) is 13.1 Å². The lowest BCUT2D eigenvalue weighted by molar-refractivity contribution is -0.116. The molecule has 0 aliphatic rings. The zero-order chi connectivity index (χ0) is 17.5. The fourth-order valence-electron chi connectivity index (χ4n) is 2.34. The van der Waals surface area contributed by atoms with Gasteiger partial charge in [-0.3, -0.25) is 9.89 Å². The van der Waals surface area contributed by atoms with Crippen molar-refractivity contribution in [3.63, 3.8) is 0 Å². The summed E-state index contributed by atoms with van der Waals surface area (Å²) in [6.07, 6.45) is 2.19. The van der Waals surface area contributed by atoms with E-state index in [0.717, 1.165) is 36.4 Å². The van der Waals surface area contributed by atoms with Crippen LogP contribution in [0.15, 0.2) is 24.3 Å². The molecule has 2 N–H and O–H groups in total. The number of aromatic amines is 1. The Morgan fingerprint density at radius 1 is 1.33 bits per heavy atom. The minimum Gasteiger partial charge on any atom is -0.324 e. The summed E-state index contributed by atoms with van der Waals surface area (Å²) in [5.41, 5.74) is 2.01. The van der Waals surface area contributed by atoms with Crippen molar-refractivity contribution in [1.82, 2.24) is 15.1 Å². The first-order valence-electron chi connectivity index (χ1n) is 7.94. The molecule has 1 aromatic heterocycles. The van der Waals surface area contributed by atoms with E-state index in [1.54, 1.807) is 0 Å². The van der Waals surface area contributed by atoms with Gasteiger partial charge in [0.2, 0.25) is 5.91 Å². The van der Waals surface area contributed by atoms with Crippen LogP contribution in [0.25, 0.3) is 0 Å². The zero-order valence-corrected chi connectivity index (χ0v) is 13.9. The fraction of sp³-hybridized carbons (Fsp3) is 0.412. The first kappa shape index (κ1) is 18.1. The molecular weight excluding hydrogens is 314 g/mol. The Morgan fingerprint density at radius 3 is 2.83 bits per heavy atom. The van der Waals surface area contributed by atoms with Gasteiger partial charge in [0, 0.05) is 31.3 Å². The van der Waals surface area contributed by atoms with E-state index >= 15 is 0 Å². The molecule has 0 atom stereocenters. The number of benzene rings is 1. The Kier molecular flexibility index (Phi) is 6.43. The third kappa shape index (κ3) is 5.42. The maximum absolute atomic E-state index is 13.5. The molecule has 2 aromatic rings. The predicted molar refractivity (Wildman–Crippen MR) is 88.5 cm³/mol. The summed E-state index contributed by atoms with van der Waals surface area (Å²) in [6.45, 7) is 3.26. The molecule has 1 aromatic carbocycles. The van der Waals surface area contributed by atoms with Crippen LogP contribution < -0.4 is 5.32 Å². The van der Waals surface area contributed by atoms with Crippen molar-refractivity contribution in [2.45, 2.75) is 32.7 Å². The average Bonchev–Trinajstić information content (AvgIpc) is 2.95. The molecule has 0 unspecified atom stereocenters. The second-order valence-electron chi connectivity index (χ2n) is 5.79. The van der Waals surface area contributed by atoms with E-state index < -0.39 is 11.6 Å². The number of H-pyrrole nitrogens is 1. The number of rotatable bonds is 8. The molecule has 0 radical (unpaired) electrons. The highest BCUT2D eigenvalue weighted by Crippen LogP contribution is 2.15.